The van der Waals surface area contributed by atoms with Gasteiger partial charge in [0.25, 0.3) is 0 Å². The lowest BCUT2D eigenvalue weighted by Gasteiger charge is -2.33. The van der Waals surface area contributed by atoms with E-state index in [1.54, 1.807) is 12.1 Å². The van der Waals surface area contributed by atoms with Crippen molar-refractivity contribution in [1.82, 2.24) is 9.88 Å². The molecule has 2 aliphatic rings. The normalized spacial score (nSPS) is 27.5. The van der Waals surface area contributed by atoms with Crippen molar-refractivity contribution < 1.29 is 32.6 Å². The summed E-state index contributed by atoms with van der Waals surface area (Å²) in [6, 6.07) is 3.28. The van der Waals surface area contributed by atoms with Gasteiger partial charge in [-0.25, -0.2) is 0 Å². The van der Waals surface area contributed by atoms with Crippen molar-refractivity contribution in [3.63, 3.8) is 0 Å². The predicted octanol–water partition coefficient (Wildman–Crippen LogP) is 2.24. The lowest BCUT2D eigenvalue weighted by Crippen LogP contribution is -2.48. The summed E-state index contributed by atoms with van der Waals surface area (Å²) in [7, 11) is 0. The van der Waals surface area contributed by atoms with Gasteiger partial charge in [0.05, 0.1) is 30.5 Å². The summed E-state index contributed by atoms with van der Waals surface area (Å²) in [4.78, 5) is 28.9. The van der Waals surface area contributed by atoms with Gasteiger partial charge in [0.2, 0.25) is 5.91 Å². The molecular weight excluding hydrogens is 353 g/mol. The van der Waals surface area contributed by atoms with Gasteiger partial charge in [-0.2, -0.15) is 13.2 Å². The Labute approximate surface area is 148 Å². The highest BCUT2D eigenvalue weighted by molar-refractivity contribution is 5.81. The van der Waals surface area contributed by atoms with E-state index >= 15 is 0 Å². The van der Waals surface area contributed by atoms with Crippen LogP contribution in [0.2, 0.25) is 0 Å². The molecule has 0 spiro atoms. The smallest absolute Gasteiger partial charge is 0.395 e. The first-order valence-corrected chi connectivity index (χ1v) is 8.39. The van der Waals surface area contributed by atoms with Gasteiger partial charge in [-0.15, -0.1) is 0 Å². The average molecular weight is 372 g/mol. The average Bonchev–Trinajstić information content (AvgIpc) is 3.19. The topological polar surface area (TPSA) is 79.7 Å². The molecule has 1 N–H and O–H groups in total. The molecule has 0 aliphatic carbocycles. The van der Waals surface area contributed by atoms with Crippen LogP contribution >= 0.6 is 0 Å². The highest BCUT2D eigenvalue weighted by Gasteiger charge is 2.62. The molecule has 2 saturated heterocycles. The zero-order valence-corrected chi connectivity index (χ0v) is 13.9. The second-order valence-electron chi connectivity index (χ2n) is 6.64. The number of carbonyl (C=O) groups excluding carboxylic acids is 1. The Balaban J connectivity index is 1.82. The van der Waals surface area contributed by atoms with Gasteiger partial charge >= 0.3 is 12.1 Å². The number of alkyl halides is 3. The molecule has 142 valence electrons. The SMILES string of the molecule is O=C(O)CCN(Cc1ccncc1)C(=O)C1C2CCC(O2)C1C(F)(F)F. The third-order valence-corrected chi connectivity index (χ3v) is 4.97. The van der Waals surface area contributed by atoms with E-state index in [4.69, 9.17) is 9.84 Å². The molecule has 1 amide bonds. The van der Waals surface area contributed by atoms with Gasteiger partial charge < -0.3 is 14.7 Å². The summed E-state index contributed by atoms with van der Waals surface area (Å²) in [5.74, 6) is -4.96. The highest BCUT2D eigenvalue weighted by Crippen LogP contribution is 2.51. The Kier molecular flexibility index (Phi) is 5.17. The number of hydrogen-bond donors (Lipinski definition) is 1. The maximum atomic E-state index is 13.5. The van der Waals surface area contributed by atoms with Gasteiger partial charge in [-0.1, -0.05) is 0 Å². The first kappa shape index (κ1) is 18.6. The van der Waals surface area contributed by atoms with Crippen LogP contribution in [-0.2, 0) is 20.9 Å². The van der Waals surface area contributed by atoms with Crippen molar-refractivity contribution in [3.05, 3.63) is 30.1 Å². The van der Waals surface area contributed by atoms with E-state index in [0.717, 1.165) is 0 Å². The van der Waals surface area contributed by atoms with Crippen molar-refractivity contribution in [2.75, 3.05) is 6.54 Å². The molecule has 1 aromatic rings. The van der Waals surface area contributed by atoms with Crippen LogP contribution in [0.4, 0.5) is 13.2 Å². The molecule has 0 saturated carbocycles. The van der Waals surface area contributed by atoms with Gasteiger partial charge in [-0.05, 0) is 30.5 Å². The molecule has 2 bridgehead atoms. The molecule has 1 aromatic heterocycles. The number of amides is 1. The lowest BCUT2D eigenvalue weighted by molar-refractivity contribution is -0.199. The number of pyridine rings is 1. The zero-order chi connectivity index (χ0) is 18.9. The van der Waals surface area contributed by atoms with E-state index in [9.17, 15) is 22.8 Å². The summed E-state index contributed by atoms with van der Waals surface area (Å²) in [5, 5.41) is 8.91. The second-order valence-corrected chi connectivity index (χ2v) is 6.64. The van der Waals surface area contributed by atoms with Crippen LogP contribution in [-0.4, -0.2) is 51.8 Å². The van der Waals surface area contributed by atoms with E-state index in [1.807, 2.05) is 0 Å². The quantitative estimate of drug-likeness (QED) is 0.829. The Morgan fingerprint density at radius 3 is 2.50 bits per heavy atom. The van der Waals surface area contributed by atoms with Crippen LogP contribution in [0, 0.1) is 11.8 Å². The largest absolute Gasteiger partial charge is 0.481 e. The van der Waals surface area contributed by atoms with Gasteiger partial charge in [-0.3, -0.25) is 14.6 Å². The third-order valence-electron chi connectivity index (χ3n) is 4.97. The van der Waals surface area contributed by atoms with Crippen LogP contribution in [0.5, 0.6) is 0 Å². The van der Waals surface area contributed by atoms with Crippen molar-refractivity contribution in [3.8, 4) is 0 Å². The number of carboxylic acids is 1. The molecule has 4 atom stereocenters. The number of carbonyl (C=O) groups is 2. The predicted molar refractivity (Wildman–Crippen MR) is 82.8 cm³/mol. The minimum atomic E-state index is -4.53. The Morgan fingerprint density at radius 1 is 1.23 bits per heavy atom. The number of hydrogen-bond acceptors (Lipinski definition) is 4. The fraction of sp³-hybridized carbons (Fsp3) is 0.588. The molecule has 26 heavy (non-hydrogen) atoms. The van der Waals surface area contributed by atoms with Gasteiger partial charge in [0, 0.05) is 25.5 Å². The fourth-order valence-electron chi connectivity index (χ4n) is 3.82. The Morgan fingerprint density at radius 2 is 1.88 bits per heavy atom. The standard InChI is InChI=1S/C17H19F3N2O4/c18-17(19,20)15-12-2-1-11(26-12)14(15)16(25)22(8-5-13(23)24)9-10-3-6-21-7-4-10/h3-4,6-7,11-12,14-15H,1-2,5,8-9H2,(H,23,24). The van der Waals surface area contributed by atoms with Crippen molar-refractivity contribution in [2.24, 2.45) is 11.8 Å². The van der Waals surface area contributed by atoms with Crippen LogP contribution in [0.15, 0.2) is 24.5 Å². The first-order chi connectivity index (χ1) is 12.3. The minimum Gasteiger partial charge on any atom is -0.481 e. The summed E-state index contributed by atoms with van der Waals surface area (Å²) in [6.45, 7) is -0.123. The molecule has 3 rings (SSSR count). The van der Waals surface area contributed by atoms with Crippen LogP contribution in [0.1, 0.15) is 24.8 Å². The number of fused-ring (bicyclic) bond motifs is 2. The maximum absolute atomic E-state index is 13.5. The molecule has 0 radical (unpaired) electrons. The summed E-state index contributed by atoms with van der Waals surface area (Å²) in [5.41, 5.74) is 0.673. The summed E-state index contributed by atoms with van der Waals surface area (Å²) < 4.78 is 45.8. The number of halogens is 3. The zero-order valence-electron chi connectivity index (χ0n) is 13.9. The molecule has 6 nitrogen and oxygen atoms in total. The van der Waals surface area contributed by atoms with Crippen LogP contribution < -0.4 is 0 Å². The van der Waals surface area contributed by atoms with Crippen molar-refractivity contribution in [2.45, 2.75) is 44.2 Å². The molecule has 9 heteroatoms. The summed E-state index contributed by atoms with van der Waals surface area (Å²) in [6.07, 6.45) is -2.90. The van der Waals surface area contributed by atoms with E-state index in [1.165, 1.54) is 17.3 Å². The maximum Gasteiger partial charge on any atom is 0.395 e. The van der Waals surface area contributed by atoms with Crippen molar-refractivity contribution >= 4 is 11.9 Å². The van der Waals surface area contributed by atoms with E-state index in [2.05, 4.69) is 4.98 Å². The minimum absolute atomic E-state index is 0.0348. The Bertz CT molecular complexity index is 668. The van der Waals surface area contributed by atoms with Crippen LogP contribution in [0.3, 0.4) is 0 Å². The lowest BCUT2D eigenvalue weighted by atomic mass is 9.78. The fourth-order valence-corrected chi connectivity index (χ4v) is 3.82. The molecule has 3 heterocycles. The van der Waals surface area contributed by atoms with E-state index < -0.39 is 42.1 Å². The van der Waals surface area contributed by atoms with Gasteiger partial charge in [0.1, 0.15) is 0 Å². The first-order valence-electron chi connectivity index (χ1n) is 8.39. The third kappa shape index (κ3) is 3.82. The molecule has 2 aliphatic heterocycles. The number of ether oxygens (including phenoxy) is 1. The molecule has 2 fully saturated rings. The number of aromatic nitrogens is 1. The number of carboxylic acid groups (broad SMARTS) is 1. The van der Waals surface area contributed by atoms with Crippen LogP contribution in [0.25, 0.3) is 0 Å². The number of nitrogens with zero attached hydrogens (tertiary/aromatic N) is 2. The second kappa shape index (κ2) is 7.22. The van der Waals surface area contributed by atoms with E-state index in [-0.39, 0.29) is 25.9 Å². The molecular formula is C17H19F3N2O4. The number of aliphatic carboxylic acids is 1. The monoisotopic (exact) mass is 372 g/mol. The van der Waals surface area contributed by atoms with Crippen molar-refractivity contribution in [1.29, 1.82) is 0 Å². The Hall–Kier alpha value is -2.16. The molecule has 0 aromatic carbocycles. The van der Waals surface area contributed by atoms with Gasteiger partial charge in [0.15, 0.2) is 0 Å². The summed E-state index contributed by atoms with van der Waals surface area (Å²) >= 11 is 0. The highest BCUT2D eigenvalue weighted by atomic mass is 19.4. The van der Waals surface area contributed by atoms with E-state index in [0.29, 0.717) is 12.0 Å². The number of rotatable bonds is 6. The molecule has 4 unspecified atom stereocenters.